The third kappa shape index (κ3) is 4.08. The summed E-state index contributed by atoms with van der Waals surface area (Å²) in [5.74, 6) is 0. The zero-order valence-electron chi connectivity index (χ0n) is 11.7. The topological polar surface area (TPSA) is 29.3 Å². The predicted octanol–water partition coefficient (Wildman–Crippen LogP) is 3.78. The molecule has 0 aliphatic carbocycles. The van der Waals surface area contributed by atoms with Gasteiger partial charge in [0.2, 0.25) is 0 Å². The lowest BCUT2D eigenvalue weighted by molar-refractivity contribution is 0.217. The molecule has 0 amide bonds. The van der Waals surface area contributed by atoms with Gasteiger partial charge in [-0.15, -0.1) is 11.3 Å². The SMILES string of the molecule is CC(C)N(CCc1ccccc1N)Cc1cccs1. The number of hydrogen-bond acceptors (Lipinski definition) is 3. The Morgan fingerprint density at radius 3 is 2.58 bits per heavy atom. The van der Waals surface area contributed by atoms with E-state index in [1.165, 1.54) is 10.4 Å². The molecule has 1 aromatic heterocycles. The monoisotopic (exact) mass is 274 g/mol. The lowest BCUT2D eigenvalue weighted by Gasteiger charge is -2.26. The molecule has 2 rings (SSSR count). The van der Waals surface area contributed by atoms with Crippen LogP contribution in [0.1, 0.15) is 24.3 Å². The number of nitrogens with two attached hydrogens (primary N) is 1. The van der Waals surface area contributed by atoms with Gasteiger partial charge >= 0.3 is 0 Å². The van der Waals surface area contributed by atoms with Gasteiger partial charge < -0.3 is 5.73 Å². The zero-order chi connectivity index (χ0) is 13.7. The van der Waals surface area contributed by atoms with Gasteiger partial charge in [-0.2, -0.15) is 0 Å². The van der Waals surface area contributed by atoms with E-state index in [1.54, 1.807) is 0 Å². The van der Waals surface area contributed by atoms with E-state index in [4.69, 9.17) is 5.73 Å². The summed E-state index contributed by atoms with van der Waals surface area (Å²) in [4.78, 5) is 3.92. The average Bonchev–Trinajstić information content (AvgIpc) is 2.88. The maximum atomic E-state index is 6.00. The van der Waals surface area contributed by atoms with Gasteiger partial charge in [-0.05, 0) is 43.3 Å². The number of hydrogen-bond donors (Lipinski definition) is 1. The molecule has 0 radical (unpaired) electrons. The minimum atomic E-state index is 0.548. The number of para-hydroxylation sites is 1. The van der Waals surface area contributed by atoms with Crippen LogP contribution in [0.15, 0.2) is 41.8 Å². The molecule has 0 saturated carbocycles. The fourth-order valence-corrected chi connectivity index (χ4v) is 2.88. The number of anilines is 1. The molecule has 102 valence electrons. The summed E-state index contributed by atoms with van der Waals surface area (Å²) in [6.07, 6.45) is 1.01. The Morgan fingerprint density at radius 2 is 1.95 bits per heavy atom. The molecule has 0 aliphatic heterocycles. The van der Waals surface area contributed by atoms with Crippen molar-refractivity contribution in [1.82, 2.24) is 4.90 Å². The van der Waals surface area contributed by atoms with Crippen LogP contribution in [-0.2, 0) is 13.0 Å². The first-order valence-corrected chi connectivity index (χ1v) is 7.64. The molecule has 2 aromatic rings. The molecule has 0 unspecified atom stereocenters. The minimum absolute atomic E-state index is 0.548. The van der Waals surface area contributed by atoms with Gasteiger partial charge in [-0.1, -0.05) is 24.3 Å². The highest BCUT2D eigenvalue weighted by molar-refractivity contribution is 7.09. The van der Waals surface area contributed by atoms with Crippen LogP contribution >= 0.6 is 11.3 Å². The van der Waals surface area contributed by atoms with Gasteiger partial charge in [0.15, 0.2) is 0 Å². The lowest BCUT2D eigenvalue weighted by atomic mass is 10.1. The van der Waals surface area contributed by atoms with E-state index < -0.39 is 0 Å². The summed E-state index contributed by atoms with van der Waals surface area (Å²) in [6, 6.07) is 13.0. The highest BCUT2D eigenvalue weighted by atomic mass is 32.1. The summed E-state index contributed by atoms with van der Waals surface area (Å²) in [7, 11) is 0. The third-order valence-corrected chi connectivity index (χ3v) is 4.25. The van der Waals surface area contributed by atoms with Gasteiger partial charge in [0, 0.05) is 29.7 Å². The maximum Gasteiger partial charge on any atom is 0.0347 e. The Balaban J connectivity index is 1.96. The van der Waals surface area contributed by atoms with Crippen molar-refractivity contribution >= 4 is 17.0 Å². The molecule has 0 fully saturated rings. The molecule has 19 heavy (non-hydrogen) atoms. The predicted molar refractivity (Wildman–Crippen MR) is 84.4 cm³/mol. The Hall–Kier alpha value is -1.32. The molecule has 1 aromatic carbocycles. The Bertz CT molecular complexity index is 491. The van der Waals surface area contributed by atoms with E-state index in [-0.39, 0.29) is 0 Å². The zero-order valence-corrected chi connectivity index (χ0v) is 12.5. The first kappa shape index (κ1) is 14.1. The molecule has 3 heteroatoms. The number of nitrogen functional groups attached to an aromatic ring is 1. The van der Waals surface area contributed by atoms with Crippen LogP contribution in [0.4, 0.5) is 5.69 Å². The molecular weight excluding hydrogens is 252 g/mol. The molecule has 0 saturated heterocycles. The van der Waals surface area contributed by atoms with Crippen molar-refractivity contribution in [1.29, 1.82) is 0 Å². The summed E-state index contributed by atoms with van der Waals surface area (Å²) in [5.41, 5.74) is 8.16. The van der Waals surface area contributed by atoms with Gasteiger partial charge in [-0.3, -0.25) is 4.90 Å². The van der Waals surface area contributed by atoms with Crippen molar-refractivity contribution in [2.75, 3.05) is 12.3 Å². The summed E-state index contributed by atoms with van der Waals surface area (Å²) in [5, 5.41) is 2.14. The molecule has 0 aliphatic rings. The highest BCUT2D eigenvalue weighted by Crippen LogP contribution is 2.16. The number of thiophene rings is 1. The van der Waals surface area contributed by atoms with Crippen LogP contribution < -0.4 is 5.73 Å². The van der Waals surface area contributed by atoms with Crippen molar-refractivity contribution < 1.29 is 0 Å². The molecule has 0 spiro atoms. The largest absolute Gasteiger partial charge is 0.399 e. The van der Waals surface area contributed by atoms with Crippen molar-refractivity contribution in [2.45, 2.75) is 32.9 Å². The standard InChI is InChI=1S/C16H22N2S/c1-13(2)18(12-15-7-5-11-19-15)10-9-14-6-3-4-8-16(14)17/h3-8,11,13H,9-10,12,17H2,1-2H3. The lowest BCUT2D eigenvalue weighted by Crippen LogP contribution is -2.32. The van der Waals surface area contributed by atoms with Crippen LogP contribution in [0, 0.1) is 0 Å². The highest BCUT2D eigenvalue weighted by Gasteiger charge is 2.11. The fourth-order valence-electron chi connectivity index (χ4n) is 2.15. The third-order valence-electron chi connectivity index (χ3n) is 3.39. The van der Waals surface area contributed by atoms with E-state index in [1.807, 2.05) is 23.5 Å². The number of rotatable bonds is 6. The quantitative estimate of drug-likeness (QED) is 0.812. The molecule has 2 N–H and O–H groups in total. The van der Waals surface area contributed by atoms with Gasteiger partial charge in [-0.25, -0.2) is 0 Å². The van der Waals surface area contributed by atoms with Crippen molar-refractivity contribution in [3.8, 4) is 0 Å². The number of nitrogens with zero attached hydrogens (tertiary/aromatic N) is 1. The van der Waals surface area contributed by atoms with Crippen molar-refractivity contribution in [3.05, 3.63) is 52.2 Å². The molecule has 0 bridgehead atoms. The van der Waals surface area contributed by atoms with E-state index >= 15 is 0 Å². The van der Waals surface area contributed by atoms with Crippen molar-refractivity contribution in [2.24, 2.45) is 0 Å². The Morgan fingerprint density at radius 1 is 1.16 bits per heavy atom. The van der Waals surface area contributed by atoms with Gasteiger partial charge in [0.05, 0.1) is 0 Å². The van der Waals surface area contributed by atoms with Gasteiger partial charge in [0.25, 0.3) is 0 Å². The van der Waals surface area contributed by atoms with Crippen LogP contribution in [0.5, 0.6) is 0 Å². The van der Waals surface area contributed by atoms with Crippen LogP contribution in [0.2, 0.25) is 0 Å². The molecular formula is C16H22N2S. The first-order chi connectivity index (χ1) is 9.16. The smallest absolute Gasteiger partial charge is 0.0347 e. The normalized spacial score (nSPS) is 11.4. The summed E-state index contributed by atoms with van der Waals surface area (Å²) < 4.78 is 0. The minimum Gasteiger partial charge on any atom is -0.399 e. The average molecular weight is 274 g/mol. The summed E-state index contributed by atoms with van der Waals surface area (Å²) >= 11 is 1.83. The van der Waals surface area contributed by atoms with E-state index in [2.05, 4.69) is 48.4 Å². The maximum absolute atomic E-state index is 6.00. The molecule has 1 heterocycles. The second kappa shape index (κ2) is 6.73. The first-order valence-electron chi connectivity index (χ1n) is 6.76. The van der Waals surface area contributed by atoms with Crippen molar-refractivity contribution in [3.63, 3.8) is 0 Å². The van der Waals surface area contributed by atoms with Gasteiger partial charge in [0.1, 0.15) is 0 Å². The Labute approximate surface area is 119 Å². The van der Waals surface area contributed by atoms with Crippen LogP contribution in [-0.4, -0.2) is 17.5 Å². The van der Waals surface area contributed by atoms with Crippen LogP contribution in [0.3, 0.4) is 0 Å². The van der Waals surface area contributed by atoms with E-state index in [9.17, 15) is 0 Å². The Kier molecular flexibility index (Phi) is 5.00. The summed E-state index contributed by atoms with van der Waals surface area (Å²) in [6.45, 7) is 6.58. The second-order valence-corrected chi connectivity index (χ2v) is 6.12. The molecule has 2 nitrogen and oxygen atoms in total. The van der Waals surface area contributed by atoms with E-state index in [0.717, 1.165) is 25.2 Å². The number of benzene rings is 1. The molecule has 0 atom stereocenters. The van der Waals surface area contributed by atoms with E-state index in [0.29, 0.717) is 6.04 Å². The fraction of sp³-hybridized carbons (Fsp3) is 0.375. The van der Waals surface area contributed by atoms with Crippen LogP contribution in [0.25, 0.3) is 0 Å². The second-order valence-electron chi connectivity index (χ2n) is 5.09.